The van der Waals surface area contributed by atoms with Crippen molar-refractivity contribution in [3.05, 3.63) is 59.7 Å². The van der Waals surface area contributed by atoms with Gasteiger partial charge < -0.3 is 20.1 Å². The van der Waals surface area contributed by atoms with Crippen LogP contribution in [0.4, 0.5) is 5.69 Å². The zero-order valence-electron chi connectivity index (χ0n) is 16.6. The van der Waals surface area contributed by atoms with Crippen LogP contribution in [0.2, 0.25) is 0 Å². The Morgan fingerprint density at radius 1 is 1.07 bits per heavy atom. The second-order valence-corrected chi connectivity index (χ2v) is 6.27. The van der Waals surface area contributed by atoms with Gasteiger partial charge in [0.25, 0.3) is 5.91 Å². The van der Waals surface area contributed by atoms with E-state index in [4.69, 9.17) is 9.47 Å². The van der Waals surface area contributed by atoms with Gasteiger partial charge in [0, 0.05) is 12.1 Å². The Balaban J connectivity index is 2.11. The van der Waals surface area contributed by atoms with Crippen LogP contribution < -0.4 is 20.1 Å². The van der Waals surface area contributed by atoms with E-state index in [-0.39, 0.29) is 17.9 Å². The van der Waals surface area contributed by atoms with Crippen LogP contribution in [0.15, 0.2) is 48.5 Å². The van der Waals surface area contributed by atoms with E-state index >= 15 is 0 Å². The lowest BCUT2D eigenvalue weighted by Crippen LogP contribution is -2.32. The molecule has 0 spiro atoms. The van der Waals surface area contributed by atoms with Gasteiger partial charge in [-0.2, -0.15) is 0 Å². The number of carbonyl (C=O) groups is 2. The van der Waals surface area contributed by atoms with Crippen molar-refractivity contribution in [2.75, 3.05) is 19.5 Å². The van der Waals surface area contributed by atoms with Gasteiger partial charge >= 0.3 is 0 Å². The highest BCUT2D eigenvalue weighted by molar-refractivity contribution is 6.07. The zero-order valence-corrected chi connectivity index (χ0v) is 16.6. The number of carbonyl (C=O) groups excluding carboxylic acids is 2. The molecule has 6 nitrogen and oxygen atoms in total. The molecule has 0 heterocycles. The first kappa shape index (κ1) is 21.0. The van der Waals surface area contributed by atoms with Crippen LogP contribution in [0.3, 0.4) is 0 Å². The standard InChI is InChI=1S/C22H26N2O4/c1-5-15(2)23-22(26)17-8-6-7-9-18(17)24-21(25)13-11-16-10-12-19(27-3)20(14-16)28-4/h6-15H,5H2,1-4H3,(H,23,26)(H,24,25)/b13-11+/t15-/m0/s1. The predicted octanol–water partition coefficient (Wildman–Crippen LogP) is 3.88. The lowest BCUT2D eigenvalue weighted by molar-refractivity contribution is -0.111. The lowest BCUT2D eigenvalue weighted by atomic mass is 10.1. The molecule has 2 amide bonds. The third-order valence-electron chi connectivity index (χ3n) is 4.25. The highest BCUT2D eigenvalue weighted by atomic mass is 16.5. The summed E-state index contributed by atoms with van der Waals surface area (Å²) in [6.45, 7) is 3.93. The molecule has 2 N–H and O–H groups in total. The fourth-order valence-electron chi connectivity index (χ4n) is 2.50. The average molecular weight is 382 g/mol. The molecule has 2 aromatic rings. The van der Waals surface area contributed by atoms with Crippen molar-refractivity contribution >= 4 is 23.6 Å². The van der Waals surface area contributed by atoms with Crippen molar-refractivity contribution in [3.63, 3.8) is 0 Å². The van der Waals surface area contributed by atoms with E-state index in [0.29, 0.717) is 22.7 Å². The number of hydrogen-bond donors (Lipinski definition) is 2. The summed E-state index contributed by atoms with van der Waals surface area (Å²) in [4.78, 5) is 24.8. The maximum absolute atomic E-state index is 12.4. The highest BCUT2D eigenvalue weighted by Crippen LogP contribution is 2.28. The van der Waals surface area contributed by atoms with Gasteiger partial charge in [-0.3, -0.25) is 9.59 Å². The number of anilines is 1. The molecule has 0 aliphatic heterocycles. The maximum Gasteiger partial charge on any atom is 0.253 e. The van der Waals surface area contributed by atoms with Crippen LogP contribution in [0.5, 0.6) is 11.5 Å². The predicted molar refractivity (Wildman–Crippen MR) is 111 cm³/mol. The third kappa shape index (κ3) is 5.61. The van der Waals surface area contributed by atoms with Crippen LogP contribution in [-0.4, -0.2) is 32.1 Å². The molecule has 28 heavy (non-hydrogen) atoms. The monoisotopic (exact) mass is 382 g/mol. The van der Waals surface area contributed by atoms with Gasteiger partial charge in [-0.1, -0.05) is 25.1 Å². The fraction of sp³-hybridized carbons (Fsp3) is 0.273. The summed E-state index contributed by atoms with van der Waals surface area (Å²) in [5.41, 5.74) is 1.68. The number of ether oxygens (including phenoxy) is 2. The molecular weight excluding hydrogens is 356 g/mol. The van der Waals surface area contributed by atoms with Gasteiger partial charge in [-0.25, -0.2) is 0 Å². The smallest absolute Gasteiger partial charge is 0.253 e. The van der Waals surface area contributed by atoms with Crippen LogP contribution in [0.1, 0.15) is 36.2 Å². The number of amides is 2. The van der Waals surface area contributed by atoms with Crippen molar-refractivity contribution < 1.29 is 19.1 Å². The SMILES string of the molecule is CC[C@H](C)NC(=O)c1ccccc1NC(=O)/C=C/c1ccc(OC)c(OC)c1. The quantitative estimate of drug-likeness (QED) is 0.679. The maximum atomic E-state index is 12.4. The van der Waals surface area contributed by atoms with E-state index in [9.17, 15) is 9.59 Å². The Kier molecular flexibility index (Phi) is 7.63. The molecule has 0 aliphatic rings. The molecule has 6 heteroatoms. The average Bonchev–Trinajstić information content (AvgIpc) is 2.72. The summed E-state index contributed by atoms with van der Waals surface area (Å²) in [6, 6.07) is 12.3. The molecule has 0 unspecified atom stereocenters. The fourth-order valence-corrected chi connectivity index (χ4v) is 2.50. The minimum Gasteiger partial charge on any atom is -0.493 e. The molecule has 0 radical (unpaired) electrons. The first-order valence-corrected chi connectivity index (χ1v) is 9.09. The van der Waals surface area contributed by atoms with E-state index in [1.54, 1.807) is 56.7 Å². The van der Waals surface area contributed by atoms with Gasteiger partial charge in [0.2, 0.25) is 5.91 Å². The third-order valence-corrected chi connectivity index (χ3v) is 4.25. The van der Waals surface area contributed by atoms with Crippen molar-refractivity contribution in [2.24, 2.45) is 0 Å². The van der Waals surface area contributed by atoms with Gasteiger partial charge in [-0.05, 0) is 49.2 Å². The number of benzene rings is 2. The molecule has 0 fully saturated rings. The number of methoxy groups -OCH3 is 2. The van der Waals surface area contributed by atoms with Crippen LogP contribution >= 0.6 is 0 Å². The van der Waals surface area contributed by atoms with Gasteiger partial charge in [0.05, 0.1) is 25.5 Å². The van der Waals surface area contributed by atoms with Crippen molar-refractivity contribution in [1.29, 1.82) is 0 Å². The largest absolute Gasteiger partial charge is 0.493 e. The molecule has 0 saturated heterocycles. The number of hydrogen-bond acceptors (Lipinski definition) is 4. The van der Waals surface area contributed by atoms with E-state index in [2.05, 4.69) is 10.6 Å². The zero-order chi connectivity index (χ0) is 20.5. The van der Waals surface area contributed by atoms with Crippen molar-refractivity contribution in [1.82, 2.24) is 5.32 Å². The molecular formula is C22H26N2O4. The molecule has 148 valence electrons. The number of rotatable bonds is 8. The minimum absolute atomic E-state index is 0.0567. The molecule has 1 atom stereocenters. The summed E-state index contributed by atoms with van der Waals surface area (Å²) in [7, 11) is 3.12. The highest BCUT2D eigenvalue weighted by Gasteiger charge is 2.13. The van der Waals surface area contributed by atoms with Crippen LogP contribution in [0, 0.1) is 0 Å². The van der Waals surface area contributed by atoms with E-state index in [1.807, 2.05) is 19.9 Å². The minimum atomic E-state index is -0.335. The molecule has 0 aliphatic carbocycles. The van der Waals surface area contributed by atoms with Gasteiger partial charge in [0.1, 0.15) is 0 Å². The van der Waals surface area contributed by atoms with Crippen LogP contribution in [0.25, 0.3) is 6.08 Å². The molecule has 0 aromatic heterocycles. The summed E-state index contributed by atoms with van der Waals surface area (Å²) in [5.74, 6) is 0.648. The molecule has 2 rings (SSSR count). The summed E-state index contributed by atoms with van der Waals surface area (Å²) in [5, 5.41) is 5.67. The van der Waals surface area contributed by atoms with Gasteiger partial charge in [0.15, 0.2) is 11.5 Å². The normalized spacial score (nSPS) is 11.7. The summed E-state index contributed by atoms with van der Waals surface area (Å²) in [6.07, 6.45) is 3.90. The first-order chi connectivity index (χ1) is 13.5. The lowest BCUT2D eigenvalue weighted by Gasteiger charge is -2.14. The second kappa shape index (κ2) is 10.2. The van der Waals surface area contributed by atoms with Crippen molar-refractivity contribution in [3.8, 4) is 11.5 Å². The Morgan fingerprint density at radius 2 is 1.79 bits per heavy atom. The van der Waals surface area contributed by atoms with E-state index in [1.165, 1.54) is 6.08 Å². The number of para-hydroxylation sites is 1. The Labute approximate surface area is 165 Å². The van der Waals surface area contributed by atoms with E-state index < -0.39 is 0 Å². The van der Waals surface area contributed by atoms with Gasteiger partial charge in [-0.15, -0.1) is 0 Å². The first-order valence-electron chi connectivity index (χ1n) is 9.09. The second-order valence-electron chi connectivity index (χ2n) is 6.27. The Bertz CT molecular complexity index is 861. The van der Waals surface area contributed by atoms with Crippen LogP contribution in [-0.2, 0) is 4.79 Å². The van der Waals surface area contributed by atoms with Crippen molar-refractivity contribution in [2.45, 2.75) is 26.3 Å². The topological polar surface area (TPSA) is 76.7 Å². The number of nitrogens with one attached hydrogen (secondary N) is 2. The Morgan fingerprint density at radius 3 is 2.46 bits per heavy atom. The molecule has 0 saturated carbocycles. The molecule has 0 bridgehead atoms. The summed E-state index contributed by atoms with van der Waals surface area (Å²) >= 11 is 0. The summed E-state index contributed by atoms with van der Waals surface area (Å²) < 4.78 is 10.5. The Hall–Kier alpha value is -3.28. The molecule has 2 aromatic carbocycles. The van der Waals surface area contributed by atoms with E-state index in [0.717, 1.165) is 12.0 Å².